The average molecular weight is 682 g/mol. The van der Waals surface area contributed by atoms with E-state index in [4.69, 9.17) is 16.6 Å². The third-order valence-corrected chi connectivity index (χ3v) is 9.72. The second kappa shape index (κ2) is 12.1. The van der Waals surface area contributed by atoms with E-state index >= 15 is 0 Å². The normalized spacial score (nSPS) is 12.3. The van der Waals surface area contributed by atoms with Crippen molar-refractivity contribution in [2.24, 2.45) is 5.41 Å². The van der Waals surface area contributed by atoms with Gasteiger partial charge in [0, 0.05) is 33.0 Å². The third kappa shape index (κ3) is 6.88. The molecule has 15 heteroatoms. The number of halogens is 1. The van der Waals surface area contributed by atoms with Crippen LogP contribution in [0.5, 0.6) is 0 Å². The first-order valence-electron chi connectivity index (χ1n) is 14.1. The number of nitro groups is 1. The van der Waals surface area contributed by atoms with E-state index in [2.05, 4.69) is 41.0 Å². The molecular weight excluding hydrogens is 650 g/mol. The Morgan fingerprint density at radius 3 is 2.33 bits per heavy atom. The van der Waals surface area contributed by atoms with Gasteiger partial charge in [-0.25, -0.2) is 13.4 Å². The van der Waals surface area contributed by atoms with Gasteiger partial charge in [-0.1, -0.05) is 77.0 Å². The lowest BCUT2D eigenvalue weighted by atomic mass is 9.92. The summed E-state index contributed by atoms with van der Waals surface area (Å²) in [5, 5.41) is 22.1. The van der Waals surface area contributed by atoms with Gasteiger partial charge in [0.05, 0.1) is 26.1 Å². The molecule has 1 amide bonds. The second-order valence-corrected chi connectivity index (χ2v) is 15.7. The molecule has 5 rings (SSSR count). The van der Waals surface area contributed by atoms with Crippen LogP contribution in [0.15, 0.2) is 81.4 Å². The van der Waals surface area contributed by atoms with E-state index in [-0.39, 0.29) is 26.9 Å². The summed E-state index contributed by atoms with van der Waals surface area (Å²) in [6.07, 6.45) is 0. The van der Waals surface area contributed by atoms with Gasteiger partial charge in [-0.3, -0.25) is 24.7 Å². The molecule has 0 aliphatic carbocycles. The van der Waals surface area contributed by atoms with Crippen LogP contribution in [-0.2, 0) is 20.2 Å². The number of aromatic nitrogens is 4. The zero-order valence-electron chi connectivity index (χ0n) is 25.9. The molecule has 0 radical (unpaired) electrons. The summed E-state index contributed by atoms with van der Waals surface area (Å²) >= 11 is 7.31. The second-order valence-electron chi connectivity index (χ2n) is 12.6. The first kappa shape index (κ1) is 33.0. The molecule has 2 aromatic heterocycles. The molecule has 0 fully saturated rings. The van der Waals surface area contributed by atoms with Crippen molar-refractivity contribution in [2.75, 3.05) is 10.0 Å². The quantitative estimate of drug-likeness (QED) is 0.112. The van der Waals surface area contributed by atoms with Gasteiger partial charge in [-0.05, 0) is 48.5 Å². The fraction of sp³-hybridized carbons (Fsp3) is 0.258. The Balaban J connectivity index is 1.45. The predicted octanol–water partition coefficient (Wildman–Crippen LogP) is 7.52. The highest BCUT2D eigenvalue weighted by Gasteiger charge is 2.28. The minimum Gasteiger partial charge on any atom is -0.325 e. The largest absolute Gasteiger partial charge is 0.325 e. The molecule has 5 aromatic rings. The van der Waals surface area contributed by atoms with Gasteiger partial charge < -0.3 is 5.32 Å². The highest BCUT2D eigenvalue weighted by atomic mass is 35.5. The lowest BCUT2D eigenvalue weighted by Crippen LogP contribution is -2.27. The van der Waals surface area contributed by atoms with Gasteiger partial charge in [0.15, 0.2) is 11.5 Å². The molecule has 0 aliphatic heterocycles. The third-order valence-electron chi connectivity index (χ3n) is 6.85. The van der Waals surface area contributed by atoms with Gasteiger partial charge >= 0.3 is 0 Å². The number of anilines is 2. The van der Waals surface area contributed by atoms with Crippen molar-refractivity contribution in [3.05, 3.63) is 87.6 Å². The van der Waals surface area contributed by atoms with Crippen molar-refractivity contribution in [2.45, 2.75) is 61.6 Å². The Labute approximate surface area is 275 Å². The van der Waals surface area contributed by atoms with E-state index in [0.717, 1.165) is 21.6 Å². The minimum absolute atomic E-state index is 0.0965. The Kier molecular flexibility index (Phi) is 8.66. The van der Waals surface area contributed by atoms with Crippen LogP contribution in [0.1, 0.15) is 47.2 Å². The molecule has 0 aliphatic rings. The van der Waals surface area contributed by atoms with Crippen molar-refractivity contribution in [3.8, 4) is 11.4 Å². The van der Waals surface area contributed by atoms with E-state index in [1.807, 2.05) is 45.0 Å². The summed E-state index contributed by atoms with van der Waals surface area (Å²) in [5.41, 5.74) is 1.73. The predicted molar refractivity (Wildman–Crippen MR) is 179 cm³/mol. The molecule has 46 heavy (non-hydrogen) atoms. The molecule has 12 nitrogen and oxygen atoms in total. The number of H-pyrrole nitrogens is 1. The molecular formula is C31H32ClN7O5S2. The first-order valence-corrected chi connectivity index (χ1v) is 16.8. The van der Waals surface area contributed by atoms with Gasteiger partial charge in [0.25, 0.3) is 15.7 Å². The van der Waals surface area contributed by atoms with Crippen LogP contribution in [0.25, 0.3) is 17.0 Å². The van der Waals surface area contributed by atoms with Crippen LogP contribution < -0.4 is 10.0 Å². The molecule has 0 atom stereocenters. The summed E-state index contributed by atoms with van der Waals surface area (Å²) in [6.45, 7) is 11.8. The Bertz CT molecular complexity index is 2080. The lowest BCUT2D eigenvalue weighted by Gasteiger charge is -2.20. The molecule has 240 valence electrons. The summed E-state index contributed by atoms with van der Waals surface area (Å²) in [7, 11) is -4.13. The van der Waals surface area contributed by atoms with Crippen LogP contribution in [0.2, 0.25) is 5.02 Å². The molecule has 0 bridgehead atoms. The maximum absolute atomic E-state index is 12.9. The van der Waals surface area contributed by atoms with Crippen LogP contribution in [-0.4, -0.2) is 39.1 Å². The van der Waals surface area contributed by atoms with Crippen molar-refractivity contribution in [3.63, 3.8) is 0 Å². The molecule has 0 saturated carbocycles. The summed E-state index contributed by atoms with van der Waals surface area (Å²) < 4.78 is 29.9. The van der Waals surface area contributed by atoms with Gasteiger partial charge in [-0.15, -0.1) is 5.10 Å². The fourth-order valence-corrected chi connectivity index (χ4v) is 6.85. The number of hydrogen-bond acceptors (Lipinski definition) is 8. The van der Waals surface area contributed by atoms with Crippen LogP contribution in [0.4, 0.5) is 17.1 Å². The molecule has 2 heterocycles. The number of amides is 1. The maximum atomic E-state index is 12.9. The SMILES string of the molecule is CC(C)(C)C(=O)Nc1ccccc1Sc1c(C(C)(C)C)[nH]n2nc(-c3ccc(NS(=O)(=O)c4ccc(Cl)c([N+](=O)[O-])c4)cc3)nc12. The highest BCUT2D eigenvalue weighted by molar-refractivity contribution is 7.99. The summed E-state index contributed by atoms with van der Waals surface area (Å²) in [6, 6.07) is 17.3. The number of aromatic amines is 1. The molecule has 0 unspecified atom stereocenters. The number of nitrogens with zero attached hydrogens (tertiary/aromatic N) is 4. The van der Waals surface area contributed by atoms with Crippen molar-refractivity contribution in [1.29, 1.82) is 0 Å². The zero-order chi connectivity index (χ0) is 33.6. The molecule has 3 aromatic carbocycles. The number of rotatable bonds is 8. The van der Waals surface area contributed by atoms with Gasteiger partial charge in [0.1, 0.15) is 5.02 Å². The van der Waals surface area contributed by atoms with E-state index in [1.54, 1.807) is 28.9 Å². The monoisotopic (exact) mass is 681 g/mol. The highest BCUT2D eigenvalue weighted by Crippen LogP contribution is 2.42. The molecule has 3 N–H and O–H groups in total. The Morgan fingerprint density at radius 2 is 1.70 bits per heavy atom. The van der Waals surface area contributed by atoms with Crippen LogP contribution in [0.3, 0.4) is 0 Å². The number of para-hydroxylation sites is 1. The first-order chi connectivity index (χ1) is 21.4. The Morgan fingerprint density at radius 1 is 1.02 bits per heavy atom. The number of carbonyl (C=O) groups is 1. The zero-order valence-corrected chi connectivity index (χ0v) is 28.3. The standard InChI is InChI=1S/C31H32ClN7O5S2/c1-30(2,3)26-25(45-24-10-8-7-9-22(24)33-29(40)31(4,5)6)28-34-27(36-38(28)35-26)18-11-13-19(14-12-18)37-46(43,44)20-15-16-21(32)23(17-20)39(41)42/h7-17,35,37H,1-6H3,(H,33,40). The number of sulfonamides is 1. The number of benzene rings is 3. The number of hydrogen-bond donors (Lipinski definition) is 3. The lowest BCUT2D eigenvalue weighted by molar-refractivity contribution is -0.384. The number of fused-ring (bicyclic) bond motifs is 1. The van der Waals surface area contributed by atoms with Crippen LogP contribution in [0, 0.1) is 15.5 Å². The van der Waals surface area contributed by atoms with Crippen LogP contribution >= 0.6 is 23.4 Å². The number of carbonyl (C=O) groups excluding carboxylic acids is 1. The number of nitro benzene ring substituents is 1. The minimum atomic E-state index is -4.13. The van der Waals surface area contributed by atoms with Crippen molar-refractivity contribution >= 4 is 62.0 Å². The van der Waals surface area contributed by atoms with Crippen molar-refractivity contribution < 1.29 is 18.1 Å². The van der Waals surface area contributed by atoms with Gasteiger partial charge in [0.2, 0.25) is 5.91 Å². The fourth-order valence-electron chi connectivity index (χ4n) is 4.31. The smallest absolute Gasteiger partial charge is 0.289 e. The summed E-state index contributed by atoms with van der Waals surface area (Å²) in [5.74, 6) is 0.311. The van der Waals surface area contributed by atoms with Gasteiger partial charge in [-0.2, -0.15) is 4.63 Å². The average Bonchev–Trinajstić information content (AvgIpc) is 3.53. The van der Waals surface area contributed by atoms with Crippen molar-refractivity contribution in [1.82, 2.24) is 19.8 Å². The topological polar surface area (TPSA) is 164 Å². The van der Waals surface area contributed by atoms with E-state index in [1.165, 1.54) is 23.9 Å². The molecule has 0 saturated heterocycles. The Hall–Kier alpha value is -4.40. The summed E-state index contributed by atoms with van der Waals surface area (Å²) in [4.78, 5) is 29.5. The van der Waals surface area contributed by atoms with E-state index in [9.17, 15) is 23.3 Å². The number of nitrogens with one attached hydrogen (secondary N) is 3. The van der Waals surface area contributed by atoms with E-state index in [0.29, 0.717) is 22.7 Å². The van der Waals surface area contributed by atoms with E-state index < -0.39 is 26.0 Å². The molecule has 0 spiro atoms. The maximum Gasteiger partial charge on any atom is 0.289 e.